The van der Waals surface area contributed by atoms with Gasteiger partial charge in [-0.2, -0.15) is 0 Å². The van der Waals surface area contributed by atoms with E-state index in [2.05, 4.69) is 21.2 Å². The van der Waals surface area contributed by atoms with Crippen LogP contribution in [0.4, 0.5) is 5.69 Å². The summed E-state index contributed by atoms with van der Waals surface area (Å²) in [4.78, 5) is 57.7. The molecule has 4 aliphatic heterocycles. The number of esters is 1. The maximum absolute atomic E-state index is 14.6. The average Bonchev–Trinajstić information content (AvgIpc) is 3.53. The molecule has 2 fully saturated rings. The maximum Gasteiger partial charge on any atom is 0.313 e. The molecule has 1 spiro atoms. The number of likely N-dealkylation sites (tertiary alicyclic amines) is 1. The Hall–Kier alpha value is -2.73. The van der Waals surface area contributed by atoms with Crippen LogP contribution in [0.5, 0.6) is 0 Å². The van der Waals surface area contributed by atoms with Crippen LogP contribution in [-0.4, -0.2) is 83.8 Å². The molecule has 6 atom stereocenters. The lowest BCUT2D eigenvalue weighted by molar-refractivity contribution is -0.158. The van der Waals surface area contributed by atoms with Gasteiger partial charge in [0.05, 0.1) is 12.5 Å². The number of carbonyl (C=O) groups excluding carboxylic acids is 4. The normalized spacial score (nSPS) is 33.0. The minimum absolute atomic E-state index is 0.0513. The zero-order valence-electron chi connectivity index (χ0n) is 22.6. The third kappa shape index (κ3) is 5.57. The highest BCUT2D eigenvalue weighted by molar-refractivity contribution is 9.11. The minimum Gasteiger partial charge on any atom is -0.460 e. The second kappa shape index (κ2) is 12.2. The number of ether oxygens (including phenoxy) is 2. The number of nitrogens with one attached hydrogen (secondary N) is 1. The minimum atomic E-state index is -1.39. The van der Waals surface area contributed by atoms with Crippen LogP contribution in [0.25, 0.3) is 0 Å². The molecule has 41 heavy (non-hydrogen) atoms. The summed E-state index contributed by atoms with van der Waals surface area (Å²) in [5.41, 5.74) is -0.817. The zero-order chi connectivity index (χ0) is 29.3. The fraction of sp³-hybridized carbons (Fsp3) is 0.517. The average molecular weight is 651 g/mol. The Bertz CT molecular complexity index is 1270. The number of amides is 3. The molecule has 220 valence electrons. The number of allylic oxidation sites excluding steroid dienone is 1. The van der Waals surface area contributed by atoms with Crippen molar-refractivity contribution in [3.05, 3.63) is 52.0 Å². The van der Waals surface area contributed by atoms with Gasteiger partial charge in [0, 0.05) is 41.3 Å². The van der Waals surface area contributed by atoms with Crippen molar-refractivity contribution >= 4 is 56.9 Å². The Labute approximate surface area is 251 Å². The lowest BCUT2D eigenvalue weighted by Crippen LogP contribution is -2.56. The monoisotopic (exact) mass is 649 g/mol. The van der Waals surface area contributed by atoms with E-state index >= 15 is 0 Å². The Morgan fingerprint density at radius 3 is 2.61 bits per heavy atom. The number of aliphatic hydroxyl groups excluding tert-OH is 1. The van der Waals surface area contributed by atoms with E-state index in [1.54, 1.807) is 42.2 Å². The van der Waals surface area contributed by atoms with Gasteiger partial charge in [0.15, 0.2) is 0 Å². The molecule has 2 saturated heterocycles. The van der Waals surface area contributed by atoms with Crippen LogP contribution in [-0.2, 0) is 28.7 Å². The van der Waals surface area contributed by atoms with Gasteiger partial charge in [-0.1, -0.05) is 39.7 Å². The molecule has 10 nitrogen and oxygen atoms in total. The van der Waals surface area contributed by atoms with Gasteiger partial charge < -0.3 is 29.7 Å². The quantitative estimate of drug-likeness (QED) is 0.285. The number of halogens is 2. The van der Waals surface area contributed by atoms with E-state index in [-0.39, 0.29) is 50.4 Å². The molecule has 0 aromatic heterocycles. The van der Waals surface area contributed by atoms with Crippen molar-refractivity contribution in [2.24, 2.45) is 11.8 Å². The molecule has 1 aromatic carbocycles. The Morgan fingerprint density at radius 2 is 1.88 bits per heavy atom. The summed E-state index contributed by atoms with van der Waals surface area (Å²) < 4.78 is 12.7. The first-order chi connectivity index (χ1) is 19.7. The van der Waals surface area contributed by atoms with Crippen molar-refractivity contribution in [1.29, 1.82) is 0 Å². The fourth-order valence-electron chi connectivity index (χ4n) is 6.17. The summed E-state index contributed by atoms with van der Waals surface area (Å²) in [6.07, 6.45) is 5.60. The smallest absolute Gasteiger partial charge is 0.313 e. The lowest BCUT2D eigenvalue weighted by Gasteiger charge is -2.36. The van der Waals surface area contributed by atoms with Crippen molar-refractivity contribution in [2.75, 3.05) is 31.1 Å². The zero-order valence-corrected chi connectivity index (χ0v) is 25.0. The highest BCUT2D eigenvalue weighted by Crippen LogP contribution is 2.59. The summed E-state index contributed by atoms with van der Waals surface area (Å²) in [5, 5.41) is 12.7. The van der Waals surface area contributed by atoms with Crippen molar-refractivity contribution < 1.29 is 33.8 Å². The molecule has 3 amide bonds. The first-order valence-electron chi connectivity index (χ1n) is 13.8. The number of carbonyl (C=O) groups is 4. The van der Waals surface area contributed by atoms with Gasteiger partial charge in [0.25, 0.3) is 5.91 Å². The Balaban J connectivity index is 1.60. The number of nitrogens with zero attached hydrogens (tertiary/aromatic N) is 2. The van der Waals surface area contributed by atoms with E-state index in [9.17, 15) is 24.3 Å². The van der Waals surface area contributed by atoms with Crippen LogP contribution < -0.4 is 10.2 Å². The molecule has 12 heteroatoms. The molecule has 4 aliphatic rings. The Morgan fingerprint density at radius 1 is 1.12 bits per heavy atom. The fourth-order valence-corrected chi connectivity index (χ4v) is 7.03. The number of aliphatic hydroxyl groups is 1. The Kier molecular flexibility index (Phi) is 8.89. The SMILES string of the molecule is C[C@@H]1CNC(=O)CC/C=C\CN(c2ccc(Cl)cc2)C(=O)[C@@H]2N(CCCCO)C(=O)[C@H]3[C@H](C(=O)O1)[C@H]1O[C@@]23C=C1Br. The number of hydrogen-bond acceptors (Lipinski definition) is 7. The molecule has 0 unspecified atom stereocenters. The van der Waals surface area contributed by atoms with Crippen LogP contribution in [0.3, 0.4) is 0 Å². The van der Waals surface area contributed by atoms with E-state index in [1.807, 2.05) is 12.2 Å². The van der Waals surface area contributed by atoms with E-state index < -0.39 is 41.7 Å². The summed E-state index contributed by atoms with van der Waals surface area (Å²) in [6, 6.07) is 5.76. The third-order valence-electron chi connectivity index (χ3n) is 8.04. The molecular formula is C29H33BrClN3O7. The molecule has 4 heterocycles. The third-order valence-corrected chi connectivity index (χ3v) is 8.97. The van der Waals surface area contributed by atoms with Gasteiger partial charge in [-0.25, -0.2) is 0 Å². The van der Waals surface area contributed by atoms with Gasteiger partial charge in [-0.15, -0.1) is 0 Å². The second-order valence-electron chi connectivity index (χ2n) is 10.8. The molecule has 0 saturated carbocycles. The number of benzene rings is 1. The highest BCUT2D eigenvalue weighted by atomic mass is 79.9. The molecule has 0 radical (unpaired) electrons. The number of fused-ring (bicyclic) bond motifs is 2. The van der Waals surface area contributed by atoms with Gasteiger partial charge in [0.1, 0.15) is 29.8 Å². The van der Waals surface area contributed by atoms with Crippen molar-refractivity contribution in [2.45, 2.75) is 56.5 Å². The number of rotatable bonds is 5. The van der Waals surface area contributed by atoms with E-state index in [1.165, 1.54) is 4.90 Å². The maximum atomic E-state index is 14.6. The second-order valence-corrected chi connectivity index (χ2v) is 12.1. The summed E-state index contributed by atoms with van der Waals surface area (Å²) in [5.74, 6) is -3.49. The number of anilines is 1. The van der Waals surface area contributed by atoms with Crippen LogP contribution >= 0.6 is 27.5 Å². The van der Waals surface area contributed by atoms with Crippen LogP contribution in [0.15, 0.2) is 47.0 Å². The lowest BCUT2D eigenvalue weighted by atomic mass is 9.74. The van der Waals surface area contributed by atoms with Crippen LogP contribution in [0.2, 0.25) is 5.02 Å². The van der Waals surface area contributed by atoms with Gasteiger partial charge in [-0.3, -0.25) is 19.2 Å². The van der Waals surface area contributed by atoms with Crippen LogP contribution in [0.1, 0.15) is 32.6 Å². The number of cyclic esters (lactones) is 1. The molecule has 5 bridgehead atoms. The van der Waals surface area contributed by atoms with E-state index in [4.69, 9.17) is 21.1 Å². The number of unbranched alkanes of at least 4 members (excludes halogenated alkanes) is 1. The summed E-state index contributed by atoms with van der Waals surface area (Å²) in [7, 11) is 0. The van der Waals surface area contributed by atoms with Gasteiger partial charge in [-0.05, 0) is 56.5 Å². The number of hydrogen-bond donors (Lipinski definition) is 2. The first-order valence-corrected chi connectivity index (χ1v) is 15.0. The topological polar surface area (TPSA) is 125 Å². The predicted octanol–water partition coefficient (Wildman–Crippen LogP) is 2.72. The van der Waals surface area contributed by atoms with Crippen molar-refractivity contribution in [1.82, 2.24) is 10.2 Å². The van der Waals surface area contributed by atoms with E-state index in [0.717, 1.165) is 0 Å². The highest BCUT2D eigenvalue weighted by Gasteiger charge is 2.74. The molecule has 1 aromatic rings. The van der Waals surface area contributed by atoms with Crippen LogP contribution in [0, 0.1) is 11.8 Å². The largest absolute Gasteiger partial charge is 0.460 e. The van der Waals surface area contributed by atoms with Crippen molar-refractivity contribution in [3.63, 3.8) is 0 Å². The predicted molar refractivity (Wildman–Crippen MR) is 154 cm³/mol. The summed E-state index contributed by atoms with van der Waals surface area (Å²) >= 11 is 9.66. The molecular weight excluding hydrogens is 618 g/mol. The van der Waals surface area contributed by atoms with E-state index in [0.29, 0.717) is 34.5 Å². The molecule has 5 rings (SSSR count). The standard InChI is InChI=1S/C29H33BrClN3O7/c1-17-16-32-21(36)7-3-2-4-12-33(19-10-8-18(31)9-11-19)27(38)25-29-15-20(30)24(41-29)22(28(39)40-17)23(29)26(37)34(25)13-5-6-14-35/h2,4,8-11,15,17,22-25,35H,3,5-7,12-14,16H2,1H3,(H,32,36)/b4-2-/t17-,22+,23-,24+,25+,29-/m1/s1. The molecule has 2 N–H and O–H groups in total. The first kappa shape index (κ1) is 29.8. The van der Waals surface area contributed by atoms with Crippen molar-refractivity contribution in [3.8, 4) is 0 Å². The molecule has 0 aliphatic carbocycles. The summed E-state index contributed by atoms with van der Waals surface area (Å²) in [6.45, 7) is 2.14. The van der Waals surface area contributed by atoms with Gasteiger partial charge >= 0.3 is 5.97 Å². The van der Waals surface area contributed by atoms with Gasteiger partial charge in [0.2, 0.25) is 11.8 Å².